The fraction of sp³-hybridized carbons (Fsp3) is 0.571. The zero-order chi connectivity index (χ0) is 11.2. The molecule has 2 atom stereocenters. The maximum atomic E-state index is 5.37. The van der Waals surface area contributed by atoms with Gasteiger partial charge in [0.1, 0.15) is 0 Å². The Balaban J connectivity index is 1.69. The zero-order valence-corrected chi connectivity index (χ0v) is 9.99. The van der Waals surface area contributed by atoms with Crippen molar-refractivity contribution in [2.45, 2.75) is 25.8 Å². The first-order valence-corrected chi connectivity index (χ1v) is 6.19. The van der Waals surface area contributed by atoms with Crippen LogP contribution in [0.15, 0.2) is 30.3 Å². The van der Waals surface area contributed by atoms with E-state index in [0.717, 1.165) is 32.1 Å². The molecular weight excluding hydrogens is 198 g/mol. The molecule has 0 amide bonds. The average Bonchev–Trinajstić information content (AvgIpc) is 2.81. The zero-order valence-electron chi connectivity index (χ0n) is 9.99. The highest BCUT2D eigenvalue weighted by Gasteiger charge is 2.15. The predicted molar refractivity (Wildman–Crippen MR) is 66.5 cm³/mol. The normalized spacial score (nSPS) is 22.2. The lowest BCUT2D eigenvalue weighted by atomic mass is 10.1. The van der Waals surface area contributed by atoms with Crippen LogP contribution in [0, 0.1) is 5.92 Å². The van der Waals surface area contributed by atoms with E-state index in [-0.39, 0.29) is 0 Å². The minimum absolute atomic E-state index is 0.544. The van der Waals surface area contributed by atoms with Crippen molar-refractivity contribution in [3.05, 3.63) is 35.9 Å². The van der Waals surface area contributed by atoms with E-state index in [2.05, 4.69) is 42.6 Å². The highest BCUT2D eigenvalue weighted by Crippen LogP contribution is 2.11. The lowest BCUT2D eigenvalue weighted by Crippen LogP contribution is -2.32. The van der Waals surface area contributed by atoms with Gasteiger partial charge in [0.25, 0.3) is 0 Å². The summed E-state index contributed by atoms with van der Waals surface area (Å²) in [5.41, 5.74) is 1.41. The molecule has 1 saturated heterocycles. The number of ether oxygens (including phenoxy) is 1. The first-order chi connectivity index (χ1) is 7.84. The fourth-order valence-corrected chi connectivity index (χ4v) is 2.15. The summed E-state index contributed by atoms with van der Waals surface area (Å²) in [6.07, 6.45) is 2.32. The van der Waals surface area contributed by atoms with Gasteiger partial charge < -0.3 is 10.1 Å². The smallest absolute Gasteiger partial charge is 0.0507 e. The fourth-order valence-electron chi connectivity index (χ4n) is 2.15. The van der Waals surface area contributed by atoms with Crippen molar-refractivity contribution >= 4 is 0 Å². The number of benzene rings is 1. The van der Waals surface area contributed by atoms with E-state index in [1.54, 1.807) is 0 Å². The molecular formula is C14H21NO. The van der Waals surface area contributed by atoms with Crippen LogP contribution in [0.25, 0.3) is 0 Å². The predicted octanol–water partition coefficient (Wildman–Crippen LogP) is 2.24. The van der Waals surface area contributed by atoms with Gasteiger partial charge in [0.05, 0.1) is 6.61 Å². The molecule has 1 aliphatic heterocycles. The second kappa shape index (κ2) is 6.02. The van der Waals surface area contributed by atoms with Crippen LogP contribution in [0.2, 0.25) is 0 Å². The first kappa shape index (κ1) is 11.6. The molecule has 1 fully saturated rings. The Kier molecular flexibility index (Phi) is 4.37. The molecule has 2 unspecified atom stereocenters. The summed E-state index contributed by atoms with van der Waals surface area (Å²) in [6.45, 7) is 5.22. The summed E-state index contributed by atoms with van der Waals surface area (Å²) >= 11 is 0. The van der Waals surface area contributed by atoms with Crippen molar-refractivity contribution in [3.8, 4) is 0 Å². The van der Waals surface area contributed by atoms with Gasteiger partial charge >= 0.3 is 0 Å². The van der Waals surface area contributed by atoms with Crippen LogP contribution in [0.4, 0.5) is 0 Å². The van der Waals surface area contributed by atoms with Gasteiger partial charge in [-0.2, -0.15) is 0 Å². The minimum Gasteiger partial charge on any atom is -0.381 e. The van der Waals surface area contributed by atoms with Crippen molar-refractivity contribution in [1.82, 2.24) is 5.32 Å². The van der Waals surface area contributed by atoms with Crippen LogP contribution >= 0.6 is 0 Å². The largest absolute Gasteiger partial charge is 0.381 e. The van der Waals surface area contributed by atoms with E-state index >= 15 is 0 Å². The van der Waals surface area contributed by atoms with E-state index in [0.29, 0.717) is 6.04 Å². The summed E-state index contributed by atoms with van der Waals surface area (Å²) in [5, 5.41) is 3.59. The molecule has 0 aliphatic carbocycles. The van der Waals surface area contributed by atoms with Gasteiger partial charge in [0, 0.05) is 19.2 Å². The average molecular weight is 219 g/mol. The Morgan fingerprint density at radius 3 is 2.88 bits per heavy atom. The van der Waals surface area contributed by atoms with E-state index < -0.39 is 0 Å². The molecule has 2 heteroatoms. The molecule has 2 rings (SSSR count). The van der Waals surface area contributed by atoms with Gasteiger partial charge in [0.15, 0.2) is 0 Å². The summed E-state index contributed by atoms with van der Waals surface area (Å²) in [6, 6.07) is 11.2. The lowest BCUT2D eigenvalue weighted by molar-refractivity contribution is 0.184. The molecule has 0 saturated carbocycles. The Morgan fingerprint density at radius 1 is 1.38 bits per heavy atom. The Bertz CT molecular complexity index is 293. The molecule has 1 aromatic rings. The molecule has 1 aromatic carbocycles. The van der Waals surface area contributed by atoms with Crippen LogP contribution in [-0.4, -0.2) is 25.8 Å². The minimum atomic E-state index is 0.544. The van der Waals surface area contributed by atoms with Gasteiger partial charge in [-0.3, -0.25) is 0 Å². The molecule has 2 nitrogen and oxygen atoms in total. The third-order valence-electron chi connectivity index (χ3n) is 3.16. The summed E-state index contributed by atoms with van der Waals surface area (Å²) in [5.74, 6) is 0.721. The topological polar surface area (TPSA) is 21.3 Å². The van der Waals surface area contributed by atoms with Gasteiger partial charge in [-0.05, 0) is 31.2 Å². The second-order valence-corrected chi connectivity index (χ2v) is 4.73. The molecule has 0 radical (unpaired) electrons. The molecule has 0 aromatic heterocycles. The van der Waals surface area contributed by atoms with Gasteiger partial charge in [-0.15, -0.1) is 0 Å². The number of nitrogens with one attached hydrogen (secondary N) is 1. The number of hydrogen-bond acceptors (Lipinski definition) is 2. The Hall–Kier alpha value is -0.860. The maximum Gasteiger partial charge on any atom is 0.0507 e. The van der Waals surface area contributed by atoms with Gasteiger partial charge in [-0.1, -0.05) is 30.3 Å². The first-order valence-electron chi connectivity index (χ1n) is 6.19. The molecule has 1 N–H and O–H groups in total. The van der Waals surface area contributed by atoms with Gasteiger partial charge in [0.2, 0.25) is 0 Å². The van der Waals surface area contributed by atoms with Crippen molar-refractivity contribution < 1.29 is 4.74 Å². The second-order valence-electron chi connectivity index (χ2n) is 4.73. The standard InChI is InChI=1S/C14H21NO/c1-12(9-13-5-3-2-4-6-13)15-10-14-7-8-16-11-14/h2-6,12,14-15H,7-11H2,1H3. The summed E-state index contributed by atoms with van der Waals surface area (Å²) in [4.78, 5) is 0. The molecule has 0 bridgehead atoms. The van der Waals surface area contributed by atoms with Crippen molar-refractivity contribution in [2.75, 3.05) is 19.8 Å². The van der Waals surface area contributed by atoms with Gasteiger partial charge in [-0.25, -0.2) is 0 Å². The van der Waals surface area contributed by atoms with E-state index in [1.165, 1.54) is 12.0 Å². The SMILES string of the molecule is CC(Cc1ccccc1)NCC1CCOC1. The lowest BCUT2D eigenvalue weighted by Gasteiger charge is -2.16. The highest BCUT2D eigenvalue weighted by atomic mass is 16.5. The number of hydrogen-bond donors (Lipinski definition) is 1. The van der Waals surface area contributed by atoms with E-state index in [9.17, 15) is 0 Å². The highest BCUT2D eigenvalue weighted by molar-refractivity contribution is 5.15. The van der Waals surface area contributed by atoms with Crippen molar-refractivity contribution in [3.63, 3.8) is 0 Å². The third kappa shape index (κ3) is 3.62. The van der Waals surface area contributed by atoms with Crippen molar-refractivity contribution in [1.29, 1.82) is 0 Å². The molecule has 1 aliphatic rings. The van der Waals surface area contributed by atoms with Crippen molar-refractivity contribution in [2.24, 2.45) is 5.92 Å². The molecule has 88 valence electrons. The van der Waals surface area contributed by atoms with Crippen LogP contribution in [0.1, 0.15) is 18.9 Å². The van der Waals surface area contributed by atoms with Crippen LogP contribution < -0.4 is 5.32 Å². The molecule has 16 heavy (non-hydrogen) atoms. The van der Waals surface area contributed by atoms with Crippen LogP contribution in [0.3, 0.4) is 0 Å². The molecule has 1 heterocycles. The Morgan fingerprint density at radius 2 is 2.19 bits per heavy atom. The van der Waals surface area contributed by atoms with Crippen LogP contribution in [0.5, 0.6) is 0 Å². The summed E-state index contributed by atoms with van der Waals surface area (Å²) in [7, 11) is 0. The Labute approximate surface area is 98.0 Å². The summed E-state index contributed by atoms with van der Waals surface area (Å²) < 4.78 is 5.37. The van der Waals surface area contributed by atoms with E-state index in [4.69, 9.17) is 4.74 Å². The quantitative estimate of drug-likeness (QED) is 0.820. The third-order valence-corrected chi connectivity index (χ3v) is 3.16. The maximum absolute atomic E-state index is 5.37. The monoisotopic (exact) mass is 219 g/mol. The number of rotatable bonds is 5. The van der Waals surface area contributed by atoms with Crippen LogP contribution in [-0.2, 0) is 11.2 Å². The van der Waals surface area contributed by atoms with E-state index in [1.807, 2.05) is 0 Å². The molecule has 0 spiro atoms.